The van der Waals surface area contributed by atoms with Gasteiger partial charge in [0, 0.05) is 18.0 Å². The van der Waals surface area contributed by atoms with Crippen molar-refractivity contribution >= 4 is 10.9 Å². The van der Waals surface area contributed by atoms with Crippen LogP contribution in [0.25, 0.3) is 10.9 Å². The molecule has 0 amide bonds. The highest BCUT2D eigenvalue weighted by atomic mass is 15.3. The molecule has 21 heavy (non-hydrogen) atoms. The van der Waals surface area contributed by atoms with Crippen LogP contribution >= 0.6 is 0 Å². The second kappa shape index (κ2) is 6.18. The van der Waals surface area contributed by atoms with Crippen molar-refractivity contribution in [1.82, 2.24) is 9.78 Å². The molecule has 1 aliphatic rings. The molecule has 0 spiro atoms. The van der Waals surface area contributed by atoms with E-state index in [-0.39, 0.29) is 0 Å². The zero-order valence-corrected chi connectivity index (χ0v) is 13.3. The molecule has 0 bridgehead atoms. The Labute approximate surface area is 127 Å². The van der Waals surface area contributed by atoms with Crippen molar-refractivity contribution in [3.63, 3.8) is 0 Å². The van der Waals surface area contributed by atoms with E-state index in [0.29, 0.717) is 12.0 Å². The topological polar surface area (TPSA) is 43.8 Å². The molecule has 0 radical (unpaired) electrons. The zero-order valence-electron chi connectivity index (χ0n) is 13.3. The van der Waals surface area contributed by atoms with Crippen molar-refractivity contribution in [2.24, 2.45) is 17.6 Å². The Morgan fingerprint density at radius 1 is 1.24 bits per heavy atom. The van der Waals surface area contributed by atoms with Crippen molar-refractivity contribution < 1.29 is 0 Å². The summed E-state index contributed by atoms with van der Waals surface area (Å²) in [6.07, 6.45) is 6.07. The van der Waals surface area contributed by atoms with Crippen LogP contribution < -0.4 is 5.73 Å². The summed E-state index contributed by atoms with van der Waals surface area (Å²) in [6.45, 7) is 5.39. The molecule has 1 saturated carbocycles. The number of benzene rings is 1. The van der Waals surface area contributed by atoms with E-state index in [1.54, 1.807) is 0 Å². The first kappa shape index (κ1) is 14.6. The average Bonchev–Trinajstić information content (AvgIpc) is 2.88. The van der Waals surface area contributed by atoms with Gasteiger partial charge in [0.1, 0.15) is 0 Å². The van der Waals surface area contributed by atoms with Gasteiger partial charge in [0.05, 0.1) is 11.2 Å². The molecule has 3 atom stereocenters. The number of aryl methyl sites for hydroxylation is 1. The minimum absolute atomic E-state index is 0.346. The second-order valence-electron chi connectivity index (χ2n) is 6.49. The highest BCUT2D eigenvalue weighted by Gasteiger charge is 2.28. The molecule has 0 saturated heterocycles. The first-order valence-electron chi connectivity index (χ1n) is 8.42. The molecular weight excluding hydrogens is 258 g/mol. The quantitative estimate of drug-likeness (QED) is 0.929. The van der Waals surface area contributed by atoms with Gasteiger partial charge in [-0.05, 0) is 50.5 Å². The van der Waals surface area contributed by atoms with E-state index in [1.807, 2.05) is 0 Å². The maximum atomic E-state index is 6.39. The Hall–Kier alpha value is -1.35. The molecule has 3 nitrogen and oxygen atoms in total. The summed E-state index contributed by atoms with van der Waals surface area (Å²) in [4.78, 5) is 0. The third-order valence-corrected chi connectivity index (χ3v) is 5.22. The molecule has 3 rings (SSSR count). The molecule has 0 aliphatic heterocycles. The summed E-state index contributed by atoms with van der Waals surface area (Å²) in [6, 6.07) is 8.93. The Bertz CT molecular complexity index is 602. The normalized spacial score (nSPS) is 26.3. The number of para-hydroxylation sites is 1. The molecule has 3 unspecified atom stereocenters. The smallest absolute Gasteiger partial charge is 0.0706 e. The lowest BCUT2D eigenvalue weighted by Crippen LogP contribution is -2.37. The maximum absolute atomic E-state index is 6.39. The van der Waals surface area contributed by atoms with Gasteiger partial charge in [0.2, 0.25) is 0 Å². The standard InChI is InChI=1S/C18H27N3/c1-3-13-9-10-16(19)14(11-13)12-17-15-7-5-6-8-18(15)21(4-2)20-17/h5-8,13-14,16H,3-4,9-12,19H2,1-2H3. The molecule has 1 fully saturated rings. The molecule has 1 heterocycles. The van der Waals surface area contributed by atoms with E-state index >= 15 is 0 Å². The van der Waals surface area contributed by atoms with Gasteiger partial charge in [-0.2, -0.15) is 5.10 Å². The van der Waals surface area contributed by atoms with Crippen molar-refractivity contribution in [3.05, 3.63) is 30.0 Å². The summed E-state index contributed by atoms with van der Waals surface area (Å²) >= 11 is 0. The Kier molecular flexibility index (Phi) is 4.29. The van der Waals surface area contributed by atoms with Gasteiger partial charge in [-0.1, -0.05) is 31.5 Å². The number of hydrogen-bond acceptors (Lipinski definition) is 2. The first-order valence-corrected chi connectivity index (χ1v) is 8.42. The van der Waals surface area contributed by atoms with E-state index in [4.69, 9.17) is 10.8 Å². The van der Waals surface area contributed by atoms with Crippen LogP contribution in [-0.4, -0.2) is 15.8 Å². The third kappa shape index (κ3) is 2.84. The summed E-state index contributed by atoms with van der Waals surface area (Å²) in [5, 5.41) is 6.16. The van der Waals surface area contributed by atoms with Crippen LogP contribution in [0.3, 0.4) is 0 Å². The van der Waals surface area contributed by atoms with Crippen LogP contribution in [0, 0.1) is 11.8 Å². The molecule has 2 N–H and O–H groups in total. The number of rotatable bonds is 4. The summed E-state index contributed by atoms with van der Waals surface area (Å²) in [7, 11) is 0. The Morgan fingerprint density at radius 3 is 2.81 bits per heavy atom. The predicted molar refractivity (Wildman–Crippen MR) is 88.2 cm³/mol. The van der Waals surface area contributed by atoms with Crippen molar-refractivity contribution in [1.29, 1.82) is 0 Å². The van der Waals surface area contributed by atoms with E-state index in [2.05, 4.69) is 42.8 Å². The molecule has 1 aromatic carbocycles. The minimum Gasteiger partial charge on any atom is -0.327 e. The molecule has 114 valence electrons. The van der Waals surface area contributed by atoms with Crippen LogP contribution in [0.5, 0.6) is 0 Å². The second-order valence-corrected chi connectivity index (χ2v) is 6.49. The minimum atomic E-state index is 0.346. The van der Waals surface area contributed by atoms with Gasteiger partial charge in [-0.25, -0.2) is 0 Å². The lowest BCUT2D eigenvalue weighted by atomic mass is 9.75. The van der Waals surface area contributed by atoms with Gasteiger partial charge in [0.15, 0.2) is 0 Å². The lowest BCUT2D eigenvalue weighted by Gasteiger charge is -2.33. The number of nitrogens with two attached hydrogens (primary N) is 1. The fraction of sp³-hybridized carbons (Fsp3) is 0.611. The largest absolute Gasteiger partial charge is 0.327 e. The highest BCUT2D eigenvalue weighted by molar-refractivity contribution is 5.81. The Morgan fingerprint density at radius 2 is 2.05 bits per heavy atom. The zero-order chi connectivity index (χ0) is 14.8. The van der Waals surface area contributed by atoms with Crippen molar-refractivity contribution in [2.75, 3.05) is 0 Å². The number of fused-ring (bicyclic) bond motifs is 1. The predicted octanol–water partition coefficient (Wildman–Crippen LogP) is 3.75. The number of hydrogen-bond donors (Lipinski definition) is 1. The van der Waals surface area contributed by atoms with Crippen molar-refractivity contribution in [3.8, 4) is 0 Å². The van der Waals surface area contributed by atoms with Crippen LogP contribution in [-0.2, 0) is 13.0 Å². The van der Waals surface area contributed by atoms with E-state index in [0.717, 1.165) is 18.9 Å². The van der Waals surface area contributed by atoms with Gasteiger partial charge in [0.25, 0.3) is 0 Å². The SMILES string of the molecule is CCC1CCC(N)C(Cc2nn(CC)c3ccccc23)C1. The van der Waals surface area contributed by atoms with Crippen LogP contribution in [0.2, 0.25) is 0 Å². The van der Waals surface area contributed by atoms with Crippen LogP contribution in [0.15, 0.2) is 24.3 Å². The van der Waals surface area contributed by atoms with Crippen LogP contribution in [0.4, 0.5) is 0 Å². The van der Waals surface area contributed by atoms with Crippen LogP contribution in [0.1, 0.15) is 45.2 Å². The lowest BCUT2D eigenvalue weighted by molar-refractivity contribution is 0.226. The molecule has 1 aliphatic carbocycles. The van der Waals surface area contributed by atoms with Gasteiger partial charge < -0.3 is 5.73 Å². The van der Waals surface area contributed by atoms with Gasteiger partial charge >= 0.3 is 0 Å². The van der Waals surface area contributed by atoms with E-state index in [9.17, 15) is 0 Å². The summed E-state index contributed by atoms with van der Waals surface area (Å²) in [5.41, 5.74) is 8.89. The number of nitrogens with zero attached hydrogens (tertiary/aromatic N) is 2. The Balaban J connectivity index is 1.87. The fourth-order valence-electron chi connectivity index (χ4n) is 3.83. The average molecular weight is 285 g/mol. The fourth-order valence-corrected chi connectivity index (χ4v) is 3.83. The van der Waals surface area contributed by atoms with E-state index < -0.39 is 0 Å². The maximum Gasteiger partial charge on any atom is 0.0706 e. The van der Waals surface area contributed by atoms with E-state index in [1.165, 1.54) is 42.3 Å². The van der Waals surface area contributed by atoms with Crippen molar-refractivity contribution in [2.45, 2.75) is 58.5 Å². The molecule has 3 heteroatoms. The van der Waals surface area contributed by atoms with Gasteiger partial charge in [-0.15, -0.1) is 0 Å². The molecule has 2 aromatic rings. The molecular formula is C18H27N3. The van der Waals surface area contributed by atoms with Gasteiger partial charge in [-0.3, -0.25) is 4.68 Å². The highest BCUT2D eigenvalue weighted by Crippen LogP contribution is 2.33. The summed E-state index contributed by atoms with van der Waals surface area (Å²) in [5.74, 6) is 1.45. The third-order valence-electron chi connectivity index (χ3n) is 5.22. The first-order chi connectivity index (χ1) is 10.2. The number of aromatic nitrogens is 2. The summed E-state index contributed by atoms with van der Waals surface area (Å²) < 4.78 is 2.12. The monoisotopic (exact) mass is 285 g/mol. The molecule has 1 aromatic heterocycles.